The van der Waals surface area contributed by atoms with Gasteiger partial charge in [-0.1, -0.05) is 31.2 Å². The molecule has 2 N–H and O–H groups in total. The van der Waals surface area contributed by atoms with E-state index in [1.807, 2.05) is 31.2 Å². The molecule has 0 bridgehead atoms. The van der Waals surface area contributed by atoms with Crippen LogP contribution in [0.5, 0.6) is 0 Å². The number of hydrogen-bond donors (Lipinski definition) is 2. The topological polar surface area (TPSA) is 78.5 Å². The lowest BCUT2D eigenvalue weighted by molar-refractivity contribution is -0.139. The molecule has 0 saturated carbocycles. The molecule has 3 amide bonds. The predicted molar refractivity (Wildman–Crippen MR) is 110 cm³/mol. The summed E-state index contributed by atoms with van der Waals surface area (Å²) in [6.45, 7) is 3.94. The fraction of sp³-hybridized carbons (Fsp3) is 0.286. The highest BCUT2D eigenvalue weighted by Crippen LogP contribution is 2.17. The highest BCUT2D eigenvalue weighted by Gasteiger charge is 2.28. The number of hydrogen-bond acceptors (Lipinski definition) is 4. The van der Waals surface area contributed by atoms with Gasteiger partial charge in [-0.2, -0.15) is 0 Å². The molecule has 6 nitrogen and oxygen atoms in total. The average molecular weight is 402 g/mol. The van der Waals surface area contributed by atoms with Crippen LogP contribution in [0.25, 0.3) is 0 Å². The number of amides is 3. The standard InChI is InChI=1S/C21H23N3O3.ClH/c1-2-22-13-16-4-3-5-18(12-16)23-21(27)17-8-6-15(7-9-17)14-24-19(25)10-11-20(24)26;/h3-9,12,22H,2,10-11,13-14H2,1H3,(H,23,27);1H. The zero-order valence-corrected chi connectivity index (χ0v) is 16.6. The summed E-state index contributed by atoms with van der Waals surface area (Å²) in [7, 11) is 0. The predicted octanol–water partition coefficient (Wildman–Crippen LogP) is 3.12. The normalized spacial score (nSPS) is 13.4. The quantitative estimate of drug-likeness (QED) is 0.699. The Morgan fingerprint density at radius 1 is 1.00 bits per heavy atom. The molecule has 0 radical (unpaired) electrons. The van der Waals surface area contributed by atoms with Crippen molar-refractivity contribution in [3.05, 3.63) is 65.2 Å². The van der Waals surface area contributed by atoms with Crippen LogP contribution < -0.4 is 10.6 Å². The second-order valence-electron chi connectivity index (χ2n) is 6.51. The van der Waals surface area contributed by atoms with Crippen molar-refractivity contribution in [1.29, 1.82) is 0 Å². The van der Waals surface area contributed by atoms with E-state index in [0.29, 0.717) is 5.56 Å². The lowest BCUT2D eigenvalue weighted by Crippen LogP contribution is -2.28. The molecular formula is C21H24ClN3O3. The second-order valence-corrected chi connectivity index (χ2v) is 6.51. The van der Waals surface area contributed by atoms with Gasteiger partial charge in [0.1, 0.15) is 0 Å². The van der Waals surface area contributed by atoms with Gasteiger partial charge < -0.3 is 10.6 Å². The Balaban J connectivity index is 0.00000280. The molecule has 2 aromatic rings. The molecule has 0 aromatic heterocycles. The van der Waals surface area contributed by atoms with Gasteiger partial charge in [0.2, 0.25) is 11.8 Å². The van der Waals surface area contributed by atoms with E-state index in [1.54, 1.807) is 24.3 Å². The van der Waals surface area contributed by atoms with Gasteiger partial charge in [0.15, 0.2) is 0 Å². The van der Waals surface area contributed by atoms with Crippen LogP contribution in [0.15, 0.2) is 48.5 Å². The molecule has 1 aliphatic heterocycles. The highest BCUT2D eigenvalue weighted by atomic mass is 35.5. The summed E-state index contributed by atoms with van der Waals surface area (Å²) in [6, 6.07) is 14.7. The van der Waals surface area contributed by atoms with E-state index in [4.69, 9.17) is 0 Å². The van der Waals surface area contributed by atoms with E-state index in [2.05, 4.69) is 10.6 Å². The molecule has 1 heterocycles. The molecule has 28 heavy (non-hydrogen) atoms. The number of anilines is 1. The van der Waals surface area contributed by atoms with Crippen molar-refractivity contribution in [3.8, 4) is 0 Å². The van der Waals surface area contributed by atoms with E-state index in [-0.39, 0.29) is 49.5 Å². The van der Waals surface area contributed by atoms with Crippen LogP contribution in [0, 0.1) is 0 Å². The maximum absolute atomic E-state index is 12.5. The van der Waals surface area contributed by atoms with Crippen molar-refractivity contribution in [2.24, 2.45) is 0 Å². The Bertz CT molecular complexity index is 836. The zero-order valence-electron chi connectivity index (χ0n) is 15.7. The molecule has 0 atom stereocenters. The van der Waals surface area contributed by atoms with E-state index >= 15 is 0 Å². The average Bonchev–Trinajstić information content (AvgIpc) is 2.99. The minimum absolute atomic E-state index is 0. The van der Waals surface area contributed by atoms with Gasteiger partial charge in [-0.25, -0.2) is 0 Å². The Morgan fingerprint density at radius 2 is 1.68 bits per heavy atom. The van der Waals surface area contributed by atoms with E-state index in [9.17, 15) is 14.4 Å². The summed E-state index contributed by atoms with van der Waals surface area (Å²) < 4.78 is 0. The fourth-order valence-electron chi connectivity index (χ4n) is 2.97. The van der Waals surface area contributed by atoms with E-state index < -0.39 is 0 Å². The lowest BCUT2D eigenvalue weighted by Gasteiger charge is -2.14. The first-order valence-electron chi connectivity index (χ1n) is 9.10. The Hall–Kier alpha value is -2.70. The maximum Gasteiger partial charge on any atom is 0.255 e. The molecule has 7 heteroatoms. The minimum Gasteiger partial charge on any atom is -0.322 e. The number of carbonyl (C=O) groups is 3. The molecular weight excluding hydrogens is 378 g/mol. The number of benzene rings is 2. The maximum atomic E-state index is 12.5. The van der Waals surface area contributed by atoms with Crippen molar-refractivity contribution in [3.63, 3.8) is 0 Å². The molecule has 1 fully saturated rings. The van der Waals surface area contributed by atoms with Crippen LogP contribution in [0.2, 0.25) is 0 Å². The van der Waals surface area contributed by atoms with Gasteiger partial charge in [-0.15, -0.1) is 12.4 Å². The summed E-state index contributed by atoms with van der Waals surface area (Å²) in [5.74, 6) is -0.478. The summed E-state index contributed by atoms with van der Waals surface area (Å²) in [4.78, 5) is 37.1. The molecule has 0 aliphatic carbocycles. The highest BCUT2D eigenvalue weighted by molar-refractivity contribution is 6.04. The molecule has 0 spiro atoms. The Morgan fingerprint density at radius 3 is 2.32 bits per heavy atom. The van der Waals surface area contributed by atoms with Gasteiger partial charge in [0.25, 0.3) is 5.91 Å². The van der Waals surface area contributed by atoms with Gasteiger partial charge in [0, 0.05) is 30.6 Å². The number of nitrogens with zero attached hydrogens (tertiary/aromatic N) is 1. The monoisotopic (exact) mass is 401 g/mol. The van der Waals surface area contributed by atoms with Crippen LogP contribution in [0.3, 0.4) is 0 Å². The van der Waals surface area contributed by atoms with Crippen molar-refractivity contribution in [2.45, 2.75) is 32.9 Å². The largest absolute Gasteiger partial charge is 0.322 e. The van der Waals surface area contributed by atoms with Crippen LogP contribution in [0.1, 0.15) is 41.3 Å². The summed E-state index contributed by atoms with van der Waals surface area (Å²) in [5.41, 5.74) is 3.19. The first-order valence-corrected chi connectivity index (χ1v) is 9.10. The molecule has 1 aliphatic rings. The van der Waals surface area contributed by atoms with E-state index in [0.717, 1.165) is 29.9 Å². The first kappa shape index (κ1) is 21.6. The lowest BCUT2D eigenvalue weighted by atomic mass is 10.1. The number of rotatable bonds is 7. The van der Waals surface area contributed by atoms with Gasteiger partial charge >= 0.3 is 0 Å². The molecule has 1 saturated heterocycles. The van der Waals surface area contributed by atoms with Gasteiger partial charge in [0.05, 0.1) is 6.54 Å². The van der Waals surface area contributed by atoms with Crippen LogP contribution in [-0.2, 0) is 22.7 Å². The first-order chi connectivity index (χ1) is 13.1. The van der Waals surface area contributed by atoms with E-state index in [1.165, 1.54) is 4.90 Å². The third-order valence-electron chi connectivity index (χ3n) is 4.48. The fourth-order valence-corrected chi connectivity index (χ4v) is 2.97. The summed E-state index contributed by atoms with van der Waals surface area (Å²) in [6.07, 6.45) is 0.568. The number of nitrogens with one attached hydrogen (secondary N) is 2. The number of likely N-dealkylation sites (tertiary alicyclic amines) is 1. The van der Waals surface area contributed by atoms with Gasteiger partial charge in [-0.05, 0) is 41.9 Å². The number of carbonyl (C=O) groups excluding carboxylic acids is 3. The molecule has 2 aromatic carbocycles. The van der Waals surface area contributed by atoms with Crippen molar-refractivity contribution in [1.82, 2.24) is 10.2 Å². The summed E-state index contributed by atoms with van der Waals surface area (Å²) in [5, 5.41) is 6.15. The number of imide groups is 1. The van der Waals surface area contributed by atoms with Crippen LogP contribution >= 0.6 is 12.4 Å². The smallest absolute Gasteiger partial charge is 0.255 e. The number of halogens is 1. The third kappa shape index (κ3) is 5.41. The molecule has 0 unspecified atom stereocenters. The van der Waals surface area contributed by atoms with Crippen molar-refractivity contribution < 1.29 is 14.4 Å². The van der Waals surface area contributed by atoms with Gasteiger partial charge in [-0.3, -0.25) is 19.3 Å². The Kier molecular flexibility index (Phi) is 7.72. The second kappa shape index (κ2) is 10.0. The van der Waals surface area contributed by atoms with Crippen molar-refractivity contribution >= 4 is 35.8 Å². The third-order valence-corrected chi connectivity index (χ3v) is 4.48. The van der Waals surface area contributed by atoms with Crippen LogP contribution in [0.4, 0.5) is 5.69 Å². The minimum atomic E-state index is -0.199. The van der Waals surface area contributed by atoms with Crippen molar-refractivity contribution in [2.75, 3.05) is 11.9 Å². The molecule has 3 rings (SSSR count). The zero-order chi connectivity index (χ0) is 19.2. The van der Waals surface area contributed by atoms with Crippen LogP contribution in [-0.4, -0.2) is 29.2 Å². The summed E-state index contributed by atoms with van der Waals surface area (Å²) >= 11 is 0. The molecule has 148 valence electrons. The Labute approximate surface area is 170 Å². The SMILES string of the molecule is CCNCc1cccc(NC(=O)c2ccc(CN3C(=O)CCC3=O)cc2)c1.Cl.